The largest absolute Gasteiger partial charge is 0.312 e. The standard InChI is InChI=1S/C16H22N4/c1-2-9-20-11-14(18-16(20)4-1)10-19-8-3-7-17-15(12-19)13-5-6-13/h1-2,4,9,11,13,15,17H,3,5-8,10,12H2. The smallest absolute Gasteiger partial charge is 0.137 e. The Morgan fingerprint density at radius 3 is 3.10 bits per heavy atom. The summed E-state index contributed by atoms with van der Waals surface area (Å²) in [6.07, 6.45) is 8.32. The summed E-state index contributed by atoms with van der Waals surface area (Å²) in [5, 5.41) is 3.72. The highest BCUT2D eigenvalue weighted by Gasteiger charge is 2.33. The first kappa shape index (κ1) is 12.4. The van der Waals surface area contributed by atoms with Crippen LogP contribution >= 0.6 is 0 Å². The van der Waals surface area contributed by atoms with Gasteiger partial charge in [-0.25, -0.2) is 4.98 Å². The minimum absolute atomic E-state index is 0.703. The van der Waals surface area contributed by atoms with E-state index < -0.39 is 0 Å². The number of pyridine rings is 1. The fourth-order valence-corrected chi connectivity index (χ4v) is 3.27. The number of rotatable bonds is 3. The molecule has 106 valence electrons. The molecule has 3 heterocycles. The van der Waals surface area contributed by atoms with Crippen molar-refractivity contribution in [3.8, 4) is 0 Å². The van der Waals surface area contributed by atoms with Crippen molar-refractivity contribution >= 4 is 5.65 Å². The summed E-state index contributed by atoms with van der Waals surface area (Å²) in [6, 6.07) is 6.87. The molecule has 1 N–H and O–H groups in total. The first-order valence-corrected chi connectivity index (χ1v) is 7.77. The zero-order valence-electron chi connectivity index (χ0n) is 11.8. The van der Waals surface area contributed by atoms with Gasteiger partial charge in [0.1, 0.15) is 5.65 Å². The quantitative estimate of drug-likeness (QED) is 0.924. The molecule has 1 saturated carbocycles. The van der Waals surface area contributed by atoms with Crippen LogP contribution in [0.25, 0.3) is 5.65 Å². The van der Waals surface area contributed by atoms with E-state index in [1.807, 2.05) is 6.07 Å². The van der Waals surface area contributed by atoms with E-state index in [9.17, 15) is 0 Å². The van der Waals surface area contributed by atoms with Crippen molar-refractivity contribution in [2.45, 2.75) is 31.8 Å². The molecule has 1 atom stereocenters. The Labute approximate surface area is 119 Å². The molecular weight excluding hydrogens is 248 g/mol. The maximum Gasteiger partial charge on any atom is 0.137 e. The van der Waals surface area contributed by atoms with Gasteiger partial charge in [0.15, 0.2) is 0 Å². The molecule has 4 rings (SSSR count). The minimum atomic E-state index is 0.703. The fourth-order valence-electron chi connectivity index (χ4n) is 3.27. The average Bonchev–Trinajstić information content (AvgIpc) is 3.23. The Morgan fingerprint density at radius 2 is 2.25 bits per heavy atom. The lowest BCUT2D eigenvalue weighted by Crippen LogP contribution is -2.39. The summed E-state index contributed by atoms with van der Waals surface area (Å²) in [4.78, 5) is 7.30. The van der Waals surface area contributed by atoms with Crippen LogP contribution in [0.3, 0.4) is 0 Å². The van der Waals surface area contributed by atoms with Gasteiger partial charge in [0, 0.05) is 31.5 Å². The molecular formula is C16H22N4. The molecule has 1 aliphatic heterocycles. The third-order valence-corrected chi connectivity index (χ3v) is 4.50. The molecule has 1 aliphatic carbocycles. The van der Waals surface area contributed by atoms with Gasteiger partial charge >= 0.3 is 0 Å². The molecule has 20 heavy (non-hydrogen) atoms. The predicted octanol–water partition coefficient (Wildman–Crippen LogP) is 1.91. The summed E-state index contributed by atoms with van der Waals surface area (Å²) < 4.78 is 2.11. The van der Waals surface area contributed by atoms with Crippen LogP contribution in [0, 0.1) is 5.92 Å². The Bertz CT molecular complexity index is 554. The van der Waals surface area contributed by atoms with Crippen LogP contribution < -0.4 is 5.32 Å². The molecule has 2 aromatic rings. The van der Waals surface area contributed by atoms with E-state index in [2.05, 4.69) is 39.1 Å². The fraction of sp³-hybridized carbons (Fsp3) is 0.562. The molecule has 0 spiro atoms. The highest BCUT2D eigenvalue weighted by Crippen LogP contribution is 2.33. The van der Waals surface area contributed by atoms with E-state index in [4.69, 9.17) is 4.98 Å². The number of fused-ring (bicyclic) bond motifs is 1. The van der Waals surface area contributed by atoms with Crippen LogP contribution in [0.5, 0.6) is 0 Å². The summed E-state index contributed by atoms with van der Waals surface area (Å²) in [6.45, 7) is 4.51. The maximum absolute atomic E-state index is 4.72. The van der Waals surface area contributed by atoms with Crippen molar-refractivity contribution < 1.29 is 0 Å². The molecule has 0 aromatic carbocycles. The monoisotopic (exact) mass is 270 g/mol. The lowest BCUT2D eigenvalue weighted by molar-refractivity contribution is 0.248. The van der Waals surface area contributed by atoms with Gasteiger partial charge in [-0.05, 0) is 50.4 Å². The van der Waals surface area contributed by atoms with Crippen LogP contribution in [0.1, 0.15) is 25.0 Å². The molecule has 4 nitrogen and oxygen atoms in total. The van der Waals surface area contributed by atoms with Crippen molar-refractivity contribution in [1.82, 2.24) is 19.6 Å². The second kappa shape index (κ2) is 5.19. The molecule has 1 unspecified atom stereocenters. The molecule has 0 bridgehead atoms. The summed E-state index contributed by atoms with van der Waals surface area (Å²) in [7, 11) is 0. The molecule has 4 heteroatoms. The van der Waals surface area contributed by atoms with E-state index in [-0.39, 0.29) is 0 Å². The summed E-state index contributed by atoms with van der Waals surface area (Å²) in [5.41, 5.74) is 2.24. The average molecular weight is 270 g/mol. The van der Waals surface area contributed by atoms with Gasteiger partial charge in [0.05, 0.1) is 5.69 Å². The van der Waals surface area contributed by atoms with E-state index >= 15 is 0 Å². The van der Waals surface area contributed by atoms with Crippen molar-refractivity contribution in [2.75, 3.05) is 19.6 Å². The third kappa shape index (κ3) is 2.58. The Morgan fingerprint density at radius 1 is 1.30 bits per heavy atom. The van der Waals surface area contributed by atoms with Gasteiger partial charge in [-0.15, -0.1) is 0 Å². The zero-order valence-corrected chi connectivity index (χ0v) is 11.8. The van der Waals surface area contributed by atoms with Crippen LogP contribution in [0.15, 0.2) is 30.6 Å². The lowest BCUT2D eigenvalue weighted by atomic mass is 10.2. The number of nitrogens with zero attached hydrogens (tertiary/aromatic N) is 3. The number of hydrogen-bond acceptors (Lipinski definition) is 3. The summed E-state index contributed by atoms with van der Waals surface area (Å²) in [5.74, 6) is 0.927. The number of imidazole rings is 1. The molecule has 2 aliphatic rings. The number of nitrogens with one attached hydrogen (secondary N) is 1. The third-order valence-electron chi connectivity index (χ3n) is 4.50. The van der Waals surface area contributed by atoms with Crippen molar-refractivity contribution in [3.05, 3.63) is 36.3 Å². The molecule has 0 amide bonds. The van der Waals surface area contributed by atoms with E-state index in [1.54, 1.807) is 0 Å². The first-order valence-electron chi connectivity index (χ1n) is 7.77. The van der Waals surface area contributed by atoms with Crippen molar-refractivity contribution in [1.29, 1.82) is 0 Å². The van der Waals surface area contributed by atoms with Crippen LogP contribution in [-0.2, 0) is 6.54 Å². The topological polar surface area (TPSA) is 32.6 Å². The Balaban J connectivity index is 1.48. The summed E-state index contributed by atoms with van der Waals surface area (Å²) >= 11 is 0. The highest BCUT2D eigenvalue weighted by atomic mass is 15.2. The minimum Gasteiger partial charge on any atom is -0.312 e. The lowest BCUT2D eigenvalue weighted by Gasteiger charge is -2.23. The normalized spacial score (nSPS) is 24.9. The van der Waals surface area contributed by atoms with Crippen LogP contribution in [-0.4, -0.2) is 40.0 Å². The SMILES string of the molecule is c1ccn2cc(CN3CCCNC(C4CC4)C3)nc2c1. The van der Waals surface area contributed by atoms with Gasteiger partial charge in [-0.2, -0.15) is 0 Å². The predicted molar refractivity (Wildman–Crippen MR) is 79.6 cm³/mol. The van der Waals surface area contributed by atoms with Crippen molar-refractivity contribution in [3.63, 3.8) is 0 Å². The van der Waals surface area contributed by atoms with Crippen molar-refractivity contribution in [2.24, 2.45) is 5.92 Å². The zero-order chi connectivity index (χ0) is 13.4. The molecule has 2 aromatic heterocycles. The van der Waals surface area contributed by atoms with Gasteiger partial charge in [-0.3, -0.25) is 4.90 Å². The Hall–Kier alpha value is -1.39. The Kier molecular flexibility index (Phi) is 3.20. The van der Waals surface area contributed by atoms with Gasteiger partial charge in [0.2, 0.25) is 0 Å². The van der Waals surface area contributed by atoms with E-state index in [1.165, 1.54) is 44.6 Å². The molecule has 0 radical (unpaired) electrons. The molecule has 1 saturated heterocycles. The maximum atomic E-state index is 4.72. The van der Waals surface area contributed by atoms with Crippen LogP contribution in [0.4, 0.5) is 0 Å². The number of aromatic nitrogens is 2. The van der Waals surface area contributed by atoms with E-state index in [0.29, 0.717) is 6.04 Å². The van der Waals surface area contributed by atoms with Gasteiger partial charge < -0.3 is 9.72 Å². The number of hydrogen-bond donors (Lipinski definition) is 1. The highest BCUT2D eigenvalue weighted by molar-refractivity contribution is 5.39. The molecule has 2 fully saturated rings. The van der Waals surface area contributed by atoms with Gasteiger partial charge in [0.25, 0.3) is 0 Å². The van der Waals surface area contributed by atoms with E-state index in [0.717, 1.165) is 18.1 Å². The van der Waals surface area contributed by atoms with Gasteiger partial charge in [-0.1, -0.05) is 6.07 Å². The first-order chi connectivity index (χ1) is 9.88. The second-order valence-electron chi connectivity index (χ2n) is 6.19. The van der Waals surface area contributed by atoms with Crippen LogP contribution in [0.2, 0.25) is 0 Å². The second-order valence-corrected chi connectivity index (χ2v) is 6.19.